The normalized spacial score (nSPS) is 24.5. The lowest BCUT2D eigenvalue weighted by Gasteiger charge is -2.17. The van der Waals surface area contributed by atoms with Gasteiger partial charge in [-0.15, -0.1) is 0 Å². The van der Waals surface area contributed by atoms with Crippen molar-refractivity contribution in [1.82, 2.24) is 4.90 Å². The van der Waals surface area contributed by atoms with E-state index in [9.17, 15) is 9.59 Å². The summed E-state index contributed by atoms with van der Waals surface area (Å²) in [5, 5.41) is 8.68. The second kappa shape index (κ2) is 3.74. The molecule has 0 aromatic rings. The van der Waals surface area contributed by atoms with Gasteiger partial charge in [0.2, 0.25) is 5.91 Å². The number of nitrogens with zero attached hydrogens (tertiary/aromatic N) is 1. The predicted molar refractivity (Wildman–Crippen MR) is 46.0 cm³/mol. The van der Waals surface area contributed by atoms with Crippen LogP contribution in [0, 0.1) is 5.92 Å². The van der Waals surface area contributed by atoms with Gasteiger partial charge in [-0.05, 0) is 13.3 Å². The molecule has 0 aromatic heterocycles. The monoisotopic (exact) mass is 186 g/mol. The maximum absolute atomic E-state index is 11.3. The van der Waals surface area contributed by atoms with Gasteiger partial charge in [0.15, 0.2) is 0 Å². The smallest absolute Gasteiger partial charge is 0.308 e. The molecule has 0 bridgehead atoms. The molecule has 2 atom stereocenters. The number of carboxylic acids is 1. The highest BCUT2D eigenvalue weighted by Crippen LogP contribution is 2.16. The van der Waals surface area contributed by atoms with Crippen LogP contribution in [-0.4, -0.2) is 41.0 Å². The van der Waals surface area contributed by atoms with Crippen LogP contribution in [0.1, 0.15) is 13.3 Å². The zero-order valence-corrected chi connectivity index (χ0v) is 7.56. The molecule has 1 saturated heterocycles. The largest absolute Gasteiger partial charge is 0.481 e. The molecule has 1 fully saturated rings. The molecular formula is C8H14N2O3. The molecule has 0 saturated carbocycles. The van der Waals surface area contributed by atoms with Crippen molar-refractivity contribution in [3.8, 4) is 0 Å². The van der Waals surface area contributed by atoms with Gasteiger partial charge in [-0.2, -0.15) is 0 Å². The average molecular weight is 186 g/mol. The molecule has 1 amide bonds. The van der Waals surface area contributed by atoms with Crippen LogP contribution >= 0.6 is 0 Å². The number of nitrogens with two attached hydrogens (primary N) is 1. The van der Waals surface area contributed by atoms with Crippen LogP contribution in [0.2, 0.25) is 0 Å². The minimum atomic E-state index is -0.833. The molecule has 5 heteroatoms. The number of hydrogen-bond donors (Lipinski definition) is 2. The van der Waals surface area contributed by atoms with Gasteiger partial charge >= 0.3 is 5.97 Å². The number of aliphatic carboxylic acids is 1. The third kappa shape index (κ3) is 2.18. The summed E-state index contributed by atoms with van der Waals surface area (Å²) in [6, 6.07) is -0.535. The van der Waals surface area contributed by atoms with E-state index in [1.807, 2.05) is 0 Å². The summed E-state index contributed by atoms with van der Waals surface area (Å²) in [7, 11) is 0. The molecule has 5 nitrogen and oxygen atoms in total. The van der Waals surface area contributed by atoms with Crippen LogP contribution < -0.4 is 5.73 Å². The van der Waals surface area contributed by atoms with E-state index in [1.54, 1.807) is 6.92 Å². The van der Waals surface area contributed by atoms with Gasteiger partial charge in [0.05, 0.1) is 12.0 Å². The first-order chi connectivity index (χ1) is 6.02. The third-order valence-electron chi connectivity index (χ3n) is 2.24. The Kier molecular flexibility index (Phi) is 2.87. The van der Waals surface area contributed by atoms with Gasteiger partial charge in [-0.1, -0.05) is 0 Å². The van der Waals surface area contributed by atoms with Crippen LogP contribution in [0.5, 0.6) is 0 Å². The van der Waals surface area contributed by atoms with Crippen molar-refractivity contribution in [2.75, 3.05) is 13.1 Å². The van der Waals surface area contributed by atoms with Crippen molar-refractivity contribution in [2.24, 2.45) is 11.7 Å². The summed E-state index contributed by atoms with van der Waals surface area (Å²) < 4.78 is 0. The molecule has 0 spiro atoms. The van der Waals surface area contributed by atoms with E-state index in [0.29, 0.717) is 19.5 Å². The van der Waals surface area contributed by atoms with Crippen LogP contribution in [0.25, 0.3) is 0 Å². The molecule has 1 aliphatic heterocycles. The van der Waals surface area contributed by atoms with Gasteiger partial charge < -0.3 is 15.7 Å². The highest BCUT2D eigenvalue weighted by molar-refractivity contribution is 5.82. The van der Waals surface area contributed by atoms with E-state index in [2.05, 4.69) is 0 Å². The number of hydrogen-bond acceptors (Lipinski definition) is 3. The molecule has 1 aliphatic rings. The first kappa shape index (κ1) is 9.98. The first-order valence-corrected chi connectivity index (χ1v) is 4.29. The van der Waals surface area contributed by atoms with Crippen LogP contribution in [0.15, 0.2) is 0 Å². The lowest BCUT2D eigenvalue weighted by molar-refractivity contribution is -0.141. The Morgan fingerprint density at radius 2 is 2.23 bits per heavy atom. The number of carbonyl (C=O) groups is 2. The minimum Gasteiger partial charge on any atom is -0.481 e. The molecule has 0 radical (unpaired) electrons. The highest BCUT2D eigenvalue weighted by atomic mass is 16.4. The van der Waals surface area contributed by atoms with Gasteiger partial charge in [0, 0.05) is 13.1 Å². The van der Waals surface area contributed by atoms with Crippen LogP contribution in [0.4, 0.5) is 0 Å². The fourth-order valence-electron chi connectivity index (χ4n) is 1.45. The lowest BCUT2D eigenvalue weighted by atomic mass is 10.1. The summed E-state index contributed by atoms with van der Waals surface area (Å²) in [6.07, 6.45) is 0.536. The SMILES string of the molecule is C[C@@H](N)C(=O)N1CCC(C(=O)O)C1. The third-order valence-corrected chi connectivity index (χ3v) is 2.24. The van der Waals surface area contributed by atoms with Gasteiger partial charge in [-0.25, -0.2) is 0 Å². The second-order valence-corrected chi connectivity index (χ2v) is 3.40. The van der Waals surface area contributed by atoms with Crippen molar-refractivity contribution in [3.05, 3.63) is 0 Å². The van der Waals surface area contributed by atoms with E-state index >= 15 is 0 Å². The number of amides is 1. The quantitative estimate of drug-likeness (QED) is 0.595. The number of likely N-dealkylation sites (tertiary alicyclic amines) is 1. The molecule has 0 aromatic carbocycles. The minimum absolute atomic E-state index is 0.163. The molecule has 1 rings (SSSR count). The lowest BCUT2D eigenvalue weighted by Crippen LogP contribution is -2.41. The fraction of sp³-hybridized carbons (Fsp3) is 0.750. The summed E-state index contributed by atoms with van der Waals surface area (Å²) in [6.45, 7) is 2.42. The van der Waals surface area contributed by atoms with Crippen molar-refractivity contribution in [3.63, 3.8) is 0 Å². The summed E-state index contributed by atoms with van der Waals surface area (Å²) in [4.78, 5) is 23.4. The van der Waals surface area contributed by atoms with Crippen molar-refractivity contribution >= 4 is 11.9 Å². The Balaban J connectivity index is 2.50. The summed E-state index contributed by atoms with van der Waals surface area (Å²) >= 11 is 0. The zero-order valence-electron chi connectivity index (χ0n) is 7.56. The van der Waals surface area contributed by atoms with E-state index in [1.165, 1.54) is 4.90 Å². The Labute approximate surface area is 76.5 Å². The maximum atomic E-state index is 11.3. The topological polar surface area (TPSA) is 83.6 Å². The van der Waals surface area contributed by atoms with Crippen LogP contribution in [0.3, 0.4) is 0 Å². The number of carbonyl (C=O) groups excluding carboxylic acids is 1. The fourth-order valence-corrected chi connectivity index (χ4v) is 1.45. The molecule has 1 unspecified atom stereocenters. The second-order valence-electron chi connectivity index (χ2n) is 3.40. The Morgan fingerprint density at radius 1 is 1.62 bits per heavy atom. The first-order valence-electron chi connectivity index (χ1n) is 4.29. The van der Waals surface area contributed by atoms with E-state index in [0.717, 1.165) is 0 Å². The molecule has 0 aliphatic carbocycles. The van der Waals surface area contributed by atoms with Gasteiger partial charge in [-0.3, -0.25) is 9.59 Å². The predicted octanol–water partition coefficient (Wildman–Crippen LogP) is -0.733. The maximum Gasteiger partial charge on any atom is 0.308 e. The van der Waals surface area contributed by atoms with Crippen molar-refractivity contribution in [1.29, 1.82) is 0 Å². The van der Waals surface area contributed by atoms with Crippen LogP contribution in [-0.2, 0) is 9.59 Å². The molecule has 3 N–H and O–H groups in total. The molecular weight excluding hydrogens is 172 g/mol. The summed E-state index contributed by atoms with van der Waals surface area (Å²) in [5.74, 6) is -1.41. The van der Waals surface area contributed by atoms with E-state index < -0.39 is 17.9 Å². The zero-order chi connectivity index (χ0) is 10.0. The standard InChI is InChI=1S/C8H14N2O3/c1-5(9)7(11)10-3-2-6(4-10)8(12)13/h5-6H,2-4,9H2,1H3,(H,12,13)/t5-,6?/m1/s1. The van der Waals surface area contributed by atoms with Gasteiger partial charge in [0.1, 0.15) is 0 Å². The van der Waals surface area contributed by atoms with Crippen molar-refractivity contribution in [2.45, 2.75) is 19.4 Å². The molecule has 1 heterocycles. The average Bonchev–Trinajstić information content (AvgIpc) is 2.50. The summed E-state index contributed by atoms with van der Waals surface area (Å²) in [5.41, 5.74) is 5.40. The Hall–Kier alpha value is -1.10. The highest BCUT2D eigenvalue weighted by Gasteiger charge is 2.31. The van der Waals surface area contributed by atoms with Gasteiger partial charge in [0.25, 0.3) is 0 Å². The number of carboxylic acid groups (broad SMARTS) is 1. The van der Waals surface area contributed by atoms with Crippen molar-refractivity contribution < 1.29 is 14.7 Å². The van der Waals surface area contributed by atoms with E-state index in [4.69, 9.17) is 10.8 Å². The Morgan fingerprint density at radius 3 is 2.62 bits per heavy atom. The Bertz CT molecular complexity index is 227. The molecule has 13 heavy (non-hydrogen) atoms. The van der Waals surface area contributed by atoms with E-state index in [-0.39, 0.29) is 5.91 Å². The molecule has 74 valence electrons. The number of rotatable bonds is 2.